The summed E-state index contributed by atoms with van der Waals surface area (Å²) in [5, 5.41) is 15.7. The number of aryl methyl sites for hydroxylation is 1. The highest BCUT2D eigenvalue weighted by Gasteiger charge is 2.30. The third kappa shape index (κ3) is 3.82. The van der Waals surface area contributed by atoms with Gasteiger partial charge in [0.05, 0.1) is 19.3 Å². The maximum Gasteiger partial charge on any atom is 0.277 e. The Morgan fingerprint density at radius 2 is 2.11 bits per heavy atom. The van der Waals surface area contributed by atoms with Gasteiger partial charge in [0.25, 0.3) is 11.8 Å². The van der Waals surface area contributed by atoms with Gasteiger partial charge in [-0.15, -0.1) is 0 Å². The molecule has 3 rings (SSSR count). The Hall–Kier alpha value is -3.20. The van der Waals surface area contributed by atoms with Crippen LogP contribution < -0.4 is 10.1 Å². The van der Waals surface area contributed by atoms with E-state index < -0.39 is 17.6 Å². The van der Waals surface area contributed by atoms with Gasteiger partial charge in [-0.05, 0) is 19.1 Å². The molecule has 9 heteroatoms. The van der Waals surface area contributed by atoms with Crippen molar-refractivity contribution < 1.29 is 23.8 Å². The van der Waals surface area contributed by atoms with Gasteiger partial charge in [-0.25, -0.2) is 4.39 Å². The first-order chi connectivity index (χ1) is 12.9. The van der Waals surface area contributed by atoms with E-state index in [1.165, 1.54) is 12.1 Å². The summed E-state index contributed by atoms with van der Waals surface area (Å²) in [6.07, 6.45) is 2.78. The molecule has 1 aliphatic heterocycles. The van der Waals surface area contributed by atoms with Crippen LogP contribution in [0.25, 0.3) is 0 Å². The molecule has 8 nitrogen and oxygen atoms in total. The van der Waals surface area contributed by atoms with E-state index in [1.54, 1.807) is 16.9 Å². The van der Waals surface area contributed by atoms with Crippen LogP contribution in [0.1, 0.15) is 11.3 Å². The topological polar surface area (TPSA) is 96.7 Å². The molecule has 2 heterocycles. The van der Waals surface area contributed by atoms with E-state index in [0.717, 1.165) is 22.2 Å². The molecule has 2 aromatic rings. The number of rotatable bonds is 7. The van der Waals surface area contributed by atoms with Crippen LogP contribution in [0.3, 0.4) is 0 Å². The van der Waals surface area contributed by atoms with Gasteiger partial charge >= 0.3 is 0 Å². The predicted molar refractivity (Wildman–Crippen MR) is 94.2 cm³/mol. The lowest BCUT2D eigenvalue weighted by atomic mass is 10.2. The molecule has 27 heavy (non-hydrogen) atoms. The second-order valence-electron chi connectivity index (χ2n) is 6.01. The van der Waals surface area contributed by atoms with Crippen LogP contribution in [-0.2, 0) is 23.2 Å². The largest absolute Gasteiger partial charge is 0.486 e. The lowest BCUT2D eigenvalue weighted by Gasteiger charge is -2.14. The Kier molecular flexibility index (Phi) is 5.22. The first-order valence-corrected chi connectivity index (χ1v) is 8.26. The Morgan fingerprint density at radius 1 is 1.33 bits per heavy atom. The van der Waals surface area contributed by atoms with Gasteiger partial charge in [0.1, 0.15) is 12.3 Å². The van der Waals surface area contributed by atoms with Crippen LogP contribution in [0.15, 0.2) is 36.2 Å². The summed E-state index contributed by atoms with van der Waals surface area (Å²) in [5.41, 5.74) is 2.10. The van der Waals surface area contributed by atoms with Crippen molar-refractivity contribution in [3.8, 4) is 5.75 Å². The van der Waals surface area contributed by atoms with Gasteiger partial charge in [0.15, 0.2) is 11.6 Å². The fourth-order valence-corrected chi connectivity index (χ4v) is 2.60. The monoisotopic (exact) mass is 374 g/mol. The fourth-order valence-electron chi connectivity index (χ4n) is 2.60. The molecular weight excluding hydrogens is 355 g/mol. The first kappa shape index (κ1) is 18.6. The number of β-amino-alcohol motifs (C(OH)–C–C–N with tert-alkyl or cyclic N) is 1. The molecule has 1 aromatic carbocycles. The number of carbonyl (C=O) groups excluding carboxylic acids is 2. The third-order valence-corrected chi connectivity index (χ3v) is 4.26. The van der Waals surface area contributed by atoms with Crippen molar-refractivity contribution in [1.29, 1.82) is 0 Å². The molecular formula is C18H19FN4O4. The number of hydrogen-bond donors (Lipinski definition) is 2. The molecule has 0 fully saturated rings. The van der Waals surface area contributed by atoms with Crippen molar-refractivity contribution in [2.75, 3.05) is 18.5 Å². The van der Waals surface area contributed by atoms with Crippen molar-refractivity contribution in [2.24, 2.45) is 7.05 Å². The zero-order chi connectivity index (χ0) is 19.6. The average molecular weight is 374 g/mol. The number of ether oxygens (including phenoxy) is 1. The van der Waals surface area contributed by atoms with Crippen molar-refractivity contribution in [3.05, 3.63) is 53.2 Å². The van der Waals surface area contributed by atoms with Gasteiger partial charge in [-0.2, -0.15) is 5.10 Å². The molecule has 0 atom stereocenters. The number of imide groups is 1. The van der Waals surface area contributed by atoms with Crippen LogP contribution in [0.2, 0.25) is 0 Å². The molecule has 142 valence electrons. The van der Waals surface area contributed by atoms with Crippen molar-refractivity contribution in [2.45, 2.75) is 13.5 Å². The molecule has 2 N–H and O–H groups in total. The normalized spacial score (nSPS) is 13.9. The molecule has 0 radical (unpaired) electrons. The van der Waals surface area contributed by atoms with Gasteiger partial charge in [0, 0.05) is 36.1 Å². The summed E-state index contributed by atoms with van der Waals surface area (Å²) in [5.74, 6) is -1.63. The molecule has 2 amide bonds. The standard InChI is InChI=1S/C18H19FN4O4/c1-11-12(9-20-22(11)2)10-27-16-4-3-13(7-14(16)19)21-15-8-17(25)23(5-6-24)18(15)26/h3-4,7-9,21,24H,5-6,10H2,1-2H3. The number of nitrogens with one attached hydrogen (secondary N) is 1. The van der Waals surface area contributed by atoms with E-state index in [0.29, 0.717) is 5.69 Å². The Morgan fingerprint density at radius 3 is 2.74 bits per heavy atom. The number of aliphatic hydroxyl groups is 1. The number of aromatic nitrogens is 2. The minimum atomic E-state index is -0.605. The van der Waals surface area contributed by atoms with Gasteiger partial charge in [-0.1, -0.05) is 0 Å². The SMILES string of the molecule is Cc1c(COc2ccc(NC3=CC(=O)N(CCO)C3=O)cc2F)cnn1C. The Balaban J connectivity index is 1.66. The van der Waals surface area contributed by atoms with Crippen LogP contribution in [0, 0.1) is 12.7 Å². The summed E-state index contributed by atoms with van der Waals surface area (Å²) in [7, 11) is 1.81. The van der Waals surface area contributed by atoms with E-state index in [1.807, 2.05) is 14.0 Å². The second kappa shape index (κ2) is 7.58. The van der Waals surface area contributed by atoms with Crippen LogP contribution >= 0.6 is 0 Å². The lowest BCUT2D eigenvalue weighted by molar-refractivity contribution is -0.137. The average Bonchev–Trinajstić information content (AvgIpc) is 3.09. The third-order valence-electron chi connectivity index (χ3n) is 4.26. The minimum Gasteiger partial charge on any atom is -0.486 e. The van der Waals surface area contributed by atoms with Gasteiger partial charge in [0.2, 0.25) is 0 Å². The fraction of sp³-hybridized carbons (Fsp3) is 0.278. The number of carbonyl (C=O) groups is 2. The predicted octanol–water partition coefficient (Wildman–Crippen LogP) is 1.10. The maximum atomic E-state index is 14.3. The number of hydrogen-bond acceptors (Lipinski definition) is 6. The molecule has 0 aliphatic carbocycles. The number of nitrogens with zero attached hydrogens (tertiary/aromatic N) is 3. The van der Waals surface area contributed by atoms with E-state index in [9.17, 15) is 14.0 Å². The van der Waals surface area contributed by atoms with Gasteiger partial charge in [-0.3, -0.25) is 19.2 Å². The molecule has 0 bridgehead atoms. The van der Waals surface area contributed by atoms with Crippen molar-refractivity contribution in [1.82, 2.24) is 14.7 Å². The highest BCUT2D eigenvalue weighted by molar-refractivity contribution is 6.17. The molecule has 1 aromatic heterocycles. The van der Waals surface area contributed by atoms with E-state index in [-0.39, 0.29) is 31.2 Å². The molecule has 1 aliphatic rings. The number of amides is 2. The molecule has 0 unspecified atom stereocenters. The lowest BCUT2D eigenvalue weighted by Crippen LogP contribution is -2.34. The Bertz CT molecular complexity index is 922. The number of halogens is 1. The van der Waals surface area contributed by atoms with E-state index in [2.05, 4.69) is 10.4 Å². The maximum absolute atomic E-state index is 14.3. The first-order valence-electron chi connectivity index (χ1n) is 8.26. The van der Waals surface area contributed by atoms with E-state index in [4.69, 9.17) is 9.84 Å². The number of benzene rings is 1. The van der Waals surface area contributed by atoms with E-state index >= 15 is 0 Å². The summed E-state index contributed by atoms with van der Waals surface area (Å²) < 4.78 is 21.5. The Labute approximate surface area is 154 Å². The molecule has 0 saturated heterocycles. The number of aliphatic hydroxyl groups excluding tert-OH is 1. The summed E-state index contributed by atoms with van der Waals surface area (Å²) in [6, 6.07) is 4.16. The summed E-state index contributed by atoms with van der Waals surface area (Å²) >= 11 is 0. The van der Waals surface area contributed by atoms with Crippen LogP contribution in [-0.4, -0.2) is 44.8 Å². The quantitative estimate of drug-likeness (QED) is 0.705. The highest BCUT2D eigenvalue weighted by Crippen LogP contribution is 2.24. The number of anilines is 1. The van der Waals surface area contributed by atoms with Crippen LogP contribution in [0.4, 0.5) is 10.1 Å². The second-order valence-corrected chi connectivity index (χ2v) is 6.01. The van der Waals surface area contributed by atoms with Gasteiger partial charge < -0.3 is 15.2 Å². The summed E-state index contributed by atoms with van der Waals surface area (Å²) in [4.78, 5) is 24.7. The van der Waals surface area contributed by atoms with Crippen molar-refractivity contribution in [3.63, 3.8) is 0 Å². The smallest absolute Gasteiger partial charge is 0.277 e. The molecule has 0 spiro atoms. The molecule has 0 saturated carbocycles. The van der Waals surface area contributed by atoms with Crippen molar-refractivity contribution >= 4 is 17.5 Å². The van der Waals surface area contributed by atoms with Crippen LogP contribution in [0.5, 0.6) is 5.75 Å². The zero-order valence-electron chi connectivity index (χ0n) is 14.9. The zero-order valence-corrected chi connectivity index (χ0v) is 14.9. The minimum absolute atomic E-state index is 0.0208. The highest BCUT2D eigenvalue weighted by atomic mass is 19.1. The summed E-state index contributed by atoms with van der Waals surface area (Å²) in [6.45, 7) is 1.66.